The third-order valence-electron chi connectivity index (χ3n) is 11.8. The summed E-state index contributed by atoms with van der Waals surface area (Å²) in [6.07, 6.45) is 36.8. The summed E-state index contributed by atoms with van der Waals surface area (Å²) in [5.41, 5.74) is 0. The first-order chi connectivity index (χ1) is 20.8. The topological polar surface area (TPSA) is 0 Å². The van der Waals surface area contributed by atoms with Crippen molar-refractivity contribution in [2.45, 2.75) is 242 Å². The van der Waals surface area contributed by atoms with Crippen LogP contribution in [0.1, 0.15) is 154 Å². The Hall–Kier alpha value is 2.17. The Morgan fingerprint density at radius 1 is 0.159 bits per heavy atom. The molecule has 0 N–H and O–H groups in total. The van der Waals surface area contributed by atoms with E-state index in [4.69, 9.17) is 0 Å². The fourth-order valence-electron chi connectivity index (χ4n) is 8.16. The molecule has 44 heavy (non-hydrogen) atoms. The molecule has 1 aliphatic rings. The molecule has 0 aromatic rings. The van der Waals surface area contributed by atoms with Gasteiger partial charge in [-0.15, -0.1) is 0 Å². The van der Waals surface area contributed by atoms with Gasteiger partial charge in [0.05, 0.1) is 0 Å². The van der Waals surface area contributed by atoms with Crippen molar-refractivity contribution in [3.63, 3.8) is 0 Å². The summed E-state index contributed by atoms with van der Waals surface area (Å²) in [4.78, 5) is 0. The van der Waals surface area contributed by atoms with E-state index in [1.165, 1.54) is 103 Å². The van der Waals surface area contributed by atoms with E-state index in [2.05, 4.69) is 46.0 Å². The van der Waals surface area contributed by atoms with Gasteiger partial charge in [-0.25, -0.2) is 0 Å². The van der Waals surface area contributed by atoms with Crippen molar-refractivity contribution >= 4 is 53.1 Å². The second-order valence-electron chi connectivity index (χ2n) is 19.1. The zero-order valence-corrected chi connectivity index (χ0v) is 41.0. The quantitative estimate of drug-likeness (QED) is 0.213. The monoisotopic (exact) mass is 864 g/mol. The average Bonchev–Trinajstić information content (AvgIpc) is 2.93. The third kappa shape index (κ3) is 28.1. The second-order valence-corrected chi connectivity index (χ2v) is 63.9. The third-order valence-corrected chi connectivity index (χ3v) is 40.5. The zero-order chi connectivity index (χ0) is 32.6. The first kappa shape index (κ1) is 44.2. The average molecular weight is 860 g/mol. The number of hydrogen-bond donors (Lipinski definition) is 0. The summed E-state index contributed by atoms with van der Waals surface area (Å²) in [5.74, 6) is 21.9. The Kier molecular flexibility index (Phi) is 26.2. The van der Waals surface area contributed by atoms with Gasteiger partial charge in [-0.1, -0.05) is 0 Å². The van der Waals surface area contributed by atoms with Gasteiger partial charge in [0.25, 0.3) is 0 Å². The standard InChI is InChI=1S/C40H88Ge4/c1-41(2)33-25-17-9-11-19-27-35-42(3,4)37-29-21-13-15-23-31-39-44(7,8)40-32-24-16-14-22-30-38-43(5,6)36-28-20-12-10-18-26-34-41/h9-40H2,1-8H3. The SMILES string of the molecule is [CH3][Ge]1([CH3])[CH2]CCCCCC[CH2][Ge]([CH3])([CH3])[CH2]CCCCCC[CH2][Ge]([CH3])([CH3])[CH2]CCCCCC[CH2][Ge]([CH3])([CH3])[CH2]CCCCCC[CH2]1. The van der Waals surface area contributed by atoms with E-state index in [1.54, 1.807) is 93.4 Å². The molecule has 0 aromatic heterocycles. The molecule has 0 aromatic carbocycles. The molecule has 4 heteroatoms. The van der Waals surface area contributed by atoms with Crippen molar-refractivity contribution in [3.8, 4) is 0 Å². The molecule has 0 saturated carbocycles. The van der Waals surface area contributed by atoms with E-state index < -0.39 is 53.1 Å². The van der Waals surface area contributed by atoms with Gasteiger partial charge < -0.3 is 0 Å². The van der Waals surface area contributed by atoms with Crippen molar-refractivity contribution in [1.29, 1.82) is 0 Å². The Morgan fingerprint density at radius 3 is 0.364 bits per heavy atom. The van der Waals surface area contributed by atoms with E-state index in [9.17, 15) is 0 Å². The van der Waals surface area contributed by atoms with Crippen molar-refractivity contribution in [2.75, 3.05) is 0 Å². The molecule has 1 saturated heterocycles. The summed E-state index contributed by atoms with van der Waals surface area (Å²) in [6, 6.07) is 0. The molecule has 0 unspecified atom stereocenters. The van der Waals surface area contributed by atoms with Crippen molar-refractivity contribution in [3.05, 3.63) is 0 Å². The first-order valence-corrected chi connectivity index (χ1v) is 49.5. The maximum atomic E-state index is 2.74. The van der Waals surface area contributed by atoms with Gasteiger partial charge in [0.2, 0.25) is 0 Å². The van der Waals surface area contributed by atoms with Crippen LogP contribution in [-0.4, -0.2) is 53.1 Å². The van der Waals surface area contributed by atoms with Crippen LogP contribution in [0.15, 0.2) is 0 Å². The molecule has 0 amide bonds. The van der Waals surface area contributed by atoms with E-state index in [0.29, 0.717) is 0 Å². The Balaban J connectivity index is 2.38. The first-order valence-electron chi connectivity index (χ1n) is 20.8. The fraction of sp³-hybridized carbons (Fsp3) is 1.00. The molecule has 264 valence electrons. The molecule has 1 rings (SSSR count). The Bertz CT molecular complexity index is 494. The zero-order valence-electron chi connectivity index (χ0n) is 32.6. The fourth-order valence-corrected chi connectivity index (χ4v) is 30.5. The molecule has 0 radical (unpaired) electrons. The predicted molar refractivity (Wildman–Crippen MR) is 219 cm³/mol. The van der Waals surface area contributed by atoms with Gasteiger partial charge in [0.15, 0.2) is 0 Å². The molecule has 0 atom stereocenters. The summed E-state index contributed by atoms with van der Waals surface area (Å²) in [6.45, 7) is 0. The van der Waals surface area contributed by atoms with E-state index in [0.717, 1.165) is 0 Å². The molecule has 0 bridgehead atoms. The van der Waals surface area contributed by atoms with E-state index in [1.807, 2.05) is 0 Å². The van der Waals surface area contributed by atoms with Crippen molar-refractivity contribution < 1.29 is 0 Å². The molecule has 0 nitrogen and oxygen atoms in total. The van der Waals surface area contributed by atoms with Crippen LogP contribution in [0, 0.1) is 0 Å². The van der Waals surface area contributed by atoms with E-state index >= 15 is 0 Å². The summed E-state index contributed by atoms with van der Waals surface area (Å²) in [5, 5.41) is 13.1. The van der Waals surface area contributed by atoms with E-state index in [-0.39, 0.29) is 0 Å². The van der Waals surface area contributed by atoms with Crippen LogP contribution in [0.25, 0.3) is 0 Å². The van der Waals surface area contributed by atoms with Crippen LogP contribution in [0.2, 0.25) is 88.1 Å². The molecule has 1 aliphatic heterocycles. The van der Waals surface area contributed by atoms with Crippen LogP contribution in [0.5, 0.6) is 0 Å². The van der Waals surface area contributed by atoms with Gasteiger partial charge in [-0.05, 0) is 0 Å². The maximum absolute atomic E-state index is 2.74. The van der Waals surface area contributed by atoms with Gasteiger partial charge >= 0.3 is 295 Å². The predicted octanol–water partition coefficient (Wildman–Crippen LogP) is 16.2. The van der Waals surface area contributed by atoms with Gasteiger partial charge in [0, 0.05) is 0 Å². The molecular weight excluding hydrogens is 771 g/mol. The number of hydrogen-bond acceptors (Lipinski definition) is 0. The Labute approximate surface area is 292 Å². The van der Waals surface area contributed by atoms with Crippen LogP contribution < -0.4 is 0 Å². The van der Waals surface area contributed by atoms with Crippen molar-refractivity contribution in [2.24, 2.45) is 0 Å². The molecule has 0 spiro atoms. The number of rotatable bonds is 0. The minimum atomic E-state index is -1.47. The van der Waals surface area contributed by atoms with Crippen molar-refractivity contribution in [1.82, 2.24) is 0 Å². The van der Waals surface area contributed by atoms with Gasteiger partial charge in [-0.2, -0.15) is 0 Å². The summed E-state index contributed by atoms with van der Waals surface area (Å²) in [7, 11) is 0. The Morgan fingerprint density at radius 2 is 0.250 bits per heavy atom. The summed E-state index contributed by atoms with van der Waals surface area (Å²) >= 11 is -5.88. The second kappa shape index (κ2) is 26.0. The molecule has 0 aliphatic carbocycles. The van der Waals surface area contributed by atoms with Gasteiger partial charge in [-0.3, -0.25) is 0 Å². The molecule has 1 heterocycles. The van der Waals surface area contributed by atoms with Crippen LogP contribution in [0.3, 0.4) is 0 Å². The summed E-state index contributed by atoms with van der Waals surface area (Å²) < 4.78 is 0. The van der Waals surface area contributed by atoms with Crippen LogP contribution >= 0.6 is 0 Å². The molecular formula is C40H88Ge4. The molecule has 1 fully saturated rings. The van der Waals surface area contributed by atoms with Crippen LogP contribution in [0.4, 0.5) is 0 Å². The minimum absolute atomic E-state index is 1.47. The van der Waals surface area contributed by atoms with Crippen LogP contribution in [-0.2, 0) is 0 Å². The normalized spacial score (nSPS) is 26.7. The van der Waals surface area contributed by atoms with Gasteiger partial charge in [0.1, 0.15) is 0 Å².